The summed E-state index contributed by atoms with van der Waals surface area (Å²) in [5.74, 6) is 0.766. The number of piperazine rings is 1. The first-order valence-electron chi connectivity index (χ1n) is 18.6. The average molecular weight is 733 g/mol. The summed E-state index contributed by atoms with van der Waals surface area (Å²) in [7, 11) is 2.07. The highest BCUT2D eigenvalue weighted by Crippen LogP contribution is 2.35. The number of carbonyl (C=O) groups is 1. The summed E-state index contributed by atoms with van der Waals surface area (Å²) in [6, 6.07) is 16.9. The molecule has 53 heavy (non-hydrogen) atoms. The minimum Gasteiger partial charge on any atom is -0.465 e. The Labute approximate surface area is 311 Å². The van der Waals surface area contributed by atoms with Crippen molar-refractivity contribution in [2.45, 2.75) is 44.0 Å². The molecule has 3 aromatic rings. The molecule has 2 saturated heterocycles. The number of nitrogens with two attached hydrogens (primary N) is 1. The first-order valence-corrected chi connectivity index (χ1v) is 18.6. The van der Waals surface area contributed by atoms with Crippen LogP contribution in [0.5, 0.6) is 6.01 Å². The Morgan fingerprint density at radius 3 is 2.45 bits per heavy atom. The number of amides is 1. The number of rotatable bonds is 18. The predicted octanol–water partition coefficient (Wildman–Crippen LogP) is 2.75. The monoisotopic (exact) mass is 732 g/mol. The maximum Gasteiger partial charge on any atom is 0.407 e. The van der Waals surface area contributed by atoms with Gasteiger partial charge < -0.3 is 49.2 Å². The van der Waals surface area contributed by atoms with Gasteiger partial charge in [-0.3, -0.25) is 4.90 Å². The van der Waals surface area contributed by atoms with E-state index in [-0.39, 0.29) is 25.1 Å². The Kier molecular flexibility index (Phi) is 13.9. The van der Waals surface area contributed by atoms with Gasteiger partial charge in [-0.25, -0.2) is 4.79 Å². The number of ether oxygens (including phenoxy) is 5. The highest BCUT2D eigenvalue weighted by Gasteiger charge is 2.35. The van der Waals surface area contributed by atoms with Crippen LogP contribution in [0.15, 0.2) is 42.5 Å². The summed E-state index contributed by atoms with van der Waals surface area (Å²) in [6.07, 6.45) is 0.692. The topological polar surface area (TPSA) is 172 Å². The molecule has 1 unspecified atom stereocenters. The fourth-order valence-corrected chi connectivity index (χ4v) is 7.40. The smallest absolute Gasteiger partial charge is 0.407 e. The van der Waals surface area contributed by atoms with E-state index in [1.54, 1.807) is 0 Å². The number of fused-ring (bicyclic) bond motifs is 2. The van der Waals surface area contributed by atoms with E-state index < -0.39 is 12.1 Å². The van der Waals surface area contributed by atoms with Crippen LogP contribution in [0.25, 0.3) is 10.8 Å². The van der Waals surface area contributed by atoms with Crippen molar-refractivity contribution in [2.75, 3.05) is 109 Å². The Balaban J connectivity index is 1.09. The summed E-state index contributed by atoms with van der Waals surface area (Å²) in [4.78, 5) is 30.0. The number of hydrogen-bond donors (Lipinski definition) is 2. The maximum absolute atomic E-state index is 12.0. The summed E-state index contributed by atoms with van der Waals surface area (Å²) in [5, 5.41) is 21.7. The molecular formula is C38H52N8O7. The van der Waals surface area contributed by atoms with Gasteiger partial charge >= 0.3 is 12.1 Å². The van der Waals surface area contributed by atoms with Crippen molar-refractivity contribution in [1.29, 1.82) is 5.26 Å². The fraction of sp³-hybridized carbons (Fsp3) is 0.579. The second-order valence-corrected chi connectivity index (χ2v) is 13.6. The summed E-state index contributed by atoms with van der Waals surface area (Å²) < 4.78 is 29.0. The van der Waals surface area contributed by atoms with Crippen LogP contribution in [0.3, 0.4) is 0 Å². The van der Waals surface area contributed by atoms with Crippen molar-refractivity contribution >= 4 is 28.4 Å². The van der Waals surface area contributed by atoms with E-state index in [1.807, 2.05) is 0 Å². The lowest BCUT2D eigenvalue weighted by atomic mass is 10.0. The van der Waals surface area contributed by atoms with E-state index in [1.165, 1.54) is 15.7 Å². The van der Waals surface area contributed by atoms with E-state index >= 15 is 0 Å². The van der Waals surface area contributed by atoms with Crippen molar-refractivity contribution < 1.29 is 33.6 Å². The number of likely N-dealkylation sites (tertiary alicyclic amines) is 1. The van der Waals surface area contributed by atoms with Gasteiger partial charge in [-0.1, -0.05) is 36.4 Å². The van der Waals surface area contributed by atoms with Gasteiger partial charge in [-0.05, 0) is 31.3 Å². The lowest BCUT2D eigenvalue weighted by molar-refractivity contribution is -0.0157. The molecule has 2 fully saturated rings. The highest BCUT2D eigenvalue weighted by atomic mass is 16.6. The number of aromatic nitrogens is 2. The molecule has 1 amide bonds. The number of hydrogen-bond acceptors (Lipinski definition) is 13. The van der Waals surface area contributed by atoms with Crippen LogP contribution in [-0.4, -0.2) is 148 Å². The molecule has 3 aliphatic heterocycles. The van der Waals surface area contributed by atoms with E-state index in [2.05, 4.69) is 70.3 Å². The largest absolute Gasteiger partial charge is 0.465 e. The number of likely N-dealkylation sites (N-methyl/N-ethyl adjacent to an activating group) is 1. The molecule has 0 saturated carbocycles. The molecule has 0 radical (unpaired) electrons. The van der Waals surface area contributed by atoms with Crippen molar-refractivity contribution in [3.63, 3.8) is 0 Å². The zero-order valence-electron chi connectivity index (χ0n) is 30.6. The predicted molar refractivity (Wildman–Crippen MR) is 199 cm³/mol. The third-order valence-electron chi connectivity index (χ3n) is 10.1. The van der Waals surface area contributed by atoms with E-state index in [9.17, 15) is 15.2 Å². The van der Waals surface area contributed by atoms with Gasteiger partial charge in [0.2, 0.25) is 0 Å². The third-order valence-corrected chi connectivity index (χ3v) is 10.1. The van der Waals surface area contributed by atoms with Crippen molar-refractivity contribution in [2.24, 2.45) is 5.73 Å². The summed E-state index contributed by atoms with van der Waals surface area (Å²) >= 11 is 0. The minimum atomic E-state index is -1.01. The number of benzene rings is 2. The van der Waals surface area contributed by atoms with Gasteiger partial charge in [0.05, 0.1) is 83.1 Å². The third kappa shape index (κ3) is 10.0. The molecular weight excluding hydrogens is 680 g/mol. The van der Waals surface area contributed by atoms with Gasteiger partial charge in [-0.2, -0.15) is 15.2 Å². The molecule has 0 aliphatic carbocycles. The van der Waals surface area contributed by atoms with Crippen molar-refractivity contribution in [3.05, 3.63) is 53.7 Å². The highest BCUT2D eigenvalue weighted by molar-refractivity contribution is 5.94. The average Bonchev–Trinajstić information content (AvgIpc) is 3.53. The molecule has 3 N–H and O–H groups in total. The van der Waals surface area contributed by atoms with E-state index in [0.717, 1.165) is 48.7 Å². The Hall–Kier alpha value is -4.30. The van der Waals surface area contributed by atoms with E-state index in [4.69, 9.17) is 39.4 Å². The van der Waals surface area contributed by atoms with Gasteiger partial charge in [-0.15, -0.1) is 0 Å². The fourth-order valence-electron chi connectivity index (χ4n) is 7.40. The molecule has 0 bridgehead atoms. The van der Waals surface area contributed by atoms with Crippen LogP contribution in [0.1, 0.15) is 24.1 Å². The molecule has 15 heteroatoms. The summed E-state index contributed by atoms with van der Waals surface area (Å²) in [6.45, 7) is 7.77. The standard InChI is InChI=1S/C38H52N8O7/c1-43-25-31(52-22-21-51-20-19-50-18-17-49-16-12-40)23-30(43)27-53-37-41-34-26-44(35-8-4-6-28-5-2-3-7-32(28)35)13-10-33(34)36(42-37)45-14-15-46(38(47)48)29(24-45)9-11-39/h2-8,29-31H,9-10,12-27,40H2,1H3,(H,47,48)/t29?,30-,31+/m0/s1. The molecule has 286 valence electrons. The number of nitriles is 1. The van der Waals surface area contributed by atoms with Crippen molar-refractivity contribution in [1.82, 2.24) is 19.8 Å². The molecule has 2 aromatic carbocycles. The zero-order chi connectivity index (χ0) is 37.0. The van der Waals surface area contributed by atoms with Crippen LogP contribution in [0.4, 0.5) is 16.3 Å². The first kappa shape index (κ1) is 38.4. The molecule has 3 atom stereocenters. The SMILES string of the molecule is CN1C[C@H](OCCOCCOCCOCCN)C[C@H]1COc1nc2c(c(N3CCN(C(=O)O)C(CC#N)C3)n1)CCN(c1cccc3ccccc13)C2. The lowest BCUT2D eigenvalue weighted by Gasteiger charge is -2.41. The second-order valence-electron chi connectivity index (χ2n) is 13.6. The van der Waals surface area contributed by atoms with Crippen LogP contribution in [0, 0.1) is 11.3 Å². The number of nitrogens with zero attached hydrogens (tertiary/aromatic N) is 7. The van der Waals surface area contributed by atoms with E-state index in [0.29, 0.717) is 85.0 Å². The van der Waals surface area contributed by atoms with Crippen LogP contribution >= 0.6 is 0 Å². The summed E-state index contributed by atoms with van der Waals surface area (Å²) in [5.41, 5.74) is 8.50. The van der Waals surface area contributed by atoms with Crippen LogP contribution < -0.4 is 20.3 Å². The normalized spacial score (nSPS) is 20.5. The van der Waals surface area contributed by atoms with Gasteiger partial charge in [0, 0.05) is 61.9 Å². The Bertz CT molecular complexity index is 1690. The molecule has 3 aliphatic rings. The van der Waals surface area contributed by atoms with Crippen LogP contribution in [0.2, 0.25) is 0 Å². The maximum atomic E-state index is 12.0. The molecule has 1 aromatic heterocycles. The second kappa shape index (κ2) is 19.2. The number of carboxylic acid groups (broad SMARTS) is 1. The molecule has 15 nitrogen and oxygen atoms in total. The van der Waals surface area contributed by atoms with Crippen molar-refractivity contribution in [3.8, 4) is 12.1 Å². The molecule has 4 heterocycles. The first-order chi connectivity index (χ1) is 25.9. The quantitative estimate of drug-likeness (QED) is 0.183. The molecule has 0 spiro atoms. The minimum absolute atomic E-state index is 0.0602. The van der Waals surface area contributed by atoms with Crippen LogP contribution in [-0.2, 0) is 31.9 Å². The van der Waals surface area contributed by atoms with Gasteiger partial charge in [0.1, 0.15) is 12.4 Å². The zero-order valence-corrected chi connectivity index (χ0v) is 30.6. The molecule has 6 rings (SSSR count). The van der Waals surface area contributed by atoms with Gasteiger partial charge in [0.15, 0.2) is 0 Å². The lowest BCUT2D eigenvalue weighted by Crippen LogP contribution is -2.55. The van der Waals surface area contributed by atoms with Gasteiger partial charge in [0.25, 0.3) is 0 Å². The number of anilines is 2. The Morgan fingerprint density at radius 1 is 0.925 bits per heavy atom. The Morgan fingerprint density at radius 2 is 1.68 bits per heavy atom.